The van der Waals surface area contributed by atoms with Crippen LogP contribution in [0.1, 0.15) is 25.0 Å². The zero-order valence-electron chi connectivity index (χ0n) is 10.1. The first-order valence-electron chi connectivity index (χ1n) is 5.90. The molecule has 0 aliphatic heterocycles. The van der Waals surface area contributed by atoms with Gasteiger partial charge in [0.25, 0.3) is 0 Å². The smallest absolute Gasteiger partial charge is 0.130 e. The zero-order valence-corrected chi connectivity index (χ0v) is 10.1. The number of halogens is 1. The Labute approximate surface area is 106 Å². The van der Waals surface area contributed by atoms with Gasteiger partial charge in [-0.1, -0.05) is 25.1 Å². The minimum Gasteiger partial charge on any atom is -0.457 e. The SMILES string of the molecule is CC[C@H](O)c1ccc(Oc2cccc(F)c2)cc1. The standard InChI is InChI=1S/C15H15FO2/c1-2-15(17)11-6-8-13(9-7-11)18-14-5-3-4-12(16)10-14/h3-10,15,17H,2H2,1H3/t15-/m0/s1. The van der Waals surface area contributed by atoms with Crippen LogP contribution < -0.4 is 4.74 Å². The van der Waals surface area contributed by atoms with E-state index in [1.54, 1.807) is 24.3 Å². The highest BCUT2D eigenvalue weighted by Crippen LogP contribution is 2.24. The second-order valence-corrected chi connectivity index (χ2v) is 4.05. The third-order valence-corrected chi connectivity index (χ3v) is 2.68. The molecule has 0 aliphatic rings. The molecule has 3 heteroatoms. The van der Waals surface area contributed by atoms with Crippen molar-refractivity contribution in [1.82, 2.24) is 0 Å². The fourth-order valence-corrected chi connectivity index (χ4v) is 1.66. The van der Waals surface area contributed by atoms with E-state index in [9.17, 15) is 9.50 Å². The van der Waals surface area contributed by atoms with Gasteiger partial charge < -0.3 is 9.84 Å². The van der Waals surface area contributed by atoms with Gasteiger partial charge in [-0.25, -0.2) is 4.39 Å². The molecular weight excluding hydrogens is 231 g/mol. The molecule has 2 nitrogen and oxygen atoms in total. The summed E-state index contributed by atoms with van der Waals surface area (Å²) in [5.74, 6) is 0.747. The van der Waals surface area contributed by atoms with Crippen LogP contribution in [0.25, 0.3) is 0 Å². The lowest BCUT2D eigenvalue weighted by molar-refractivity contribution is 0.173. The van der Waals surface area contributed by atoms with Gasteiger partial charge in [-0.05, 0) is 36.2 Å². The minimum absolute atomic E-state index is 0.328. The normalized spacial score (nSPS) is 12.2. The molecule has 2 aromatic carbocycles. The maximum Gasteiger partial charge on any atom is 0.130 e. The van der Waals surface area contributed by atoms with Crippen LogP contribution in [0, 0.1) is 5.82 Å². The predicted octanol–water partition coefficient (Wildman–Crippen LogP) is 4.06. The van der Waals surface area contributed by atoms with Gasteiger partial charge in [0.2, 0.25) is 0 Å². The molecule has 0 unspecified atom stereocenters. The molecule has 0 bridgehead atoms. The number of benzene rings is 2. The molecule has 0 fully saturated rings. The molecule has 0 aliphatic carbocycles. The van der Waals surface area contributed by atoms with Crippen molar-refractivity contribution in [3.8, 4) is 11.5 Å². The summed E-state index contributed by atoms with van der Waals surface area (Å²) >= 11 is 0. The van der Waals surface area contributed by atoms with Crippen molar-refractivity contribution in [2.75, 3.05) is 0 Å². The van der Waals surface area contributed by atoms with Gasteiger partial charge >= 0.3 is 0 Å². The molecule has 1 N–H and O–H groups in total. The largest absolute Gasteiger partial charge is 0.457 e. The topological polar surface area (TPSA) is 29.5 Å². The highest BCUT2D eigenvalue weighted by atomic mass is 19.1. The molecule has 2 rings (SSSR count). The summed E-state index contributed by atoms with van der Waals surface area (Å²) in [4.78, 5) is 0. The van der Waals surface area contributed by atoms with Crippen LogP contribution in [0.4, 0.5) is 4.39 Å². The molecule has 0 amide bonds. The summed E-state index contributed by atoms with van der Waals surface area (Å²) in [5.41, 5.74) is 0.851. The fraction of sp³-hybridized carbons (Fsp3) is 0.200. The third kappa shape index (κ3) is 3.08. The predicted molar refractivity (Wildman–Crippen MR) is 68.2 cm³/mol. The molecule has 1 atom stereocenters. The number of ether oxygens (including phenoxy) is 1. The maximum atomic E-state index is 13.0. The summed E-state index contributed by atoms with van der Waals surface area (Å²) < 4.78 is 18.5. The average Bonchev–Trinajstić information content (AvgIpc) is 2.39. The van der Waals surface area contributed by atoms with E-state index in [2.05, 4.69) is 0 Å². The van der Waals surface area contributed by atoms with E-state index in [1.807, 2.05) is 19.1 Å². The second kappa shape index (κ2) is 5.65. The molecule has 2 aromatic rings. The Bertz CT molecular complexity index is 508. The van der Waals surface area contributed by atoms with E-state index in [-0.39, 0.29) is 5.82 Å². The first-order valence-corrected chi connectivity index (χ1v) is 5.90. The lowest BCUT2D eigenvalue weighted by Gasteiger charge is -2.10. The molecule has 0 aromatic heterocycles. The Morgan fingerprint density at radius 3 is 2.44 bits per heavy atom. The second-order valence-electron chi connectivity index (χ2n) is 4.05. The molecule has 0 saturated heterocycles. The quantitative estimate of drug-likeness (QED) is 0.881. The van der Waals surface area contributed by atoms with Crippen molar-refractivity contribution in [3.63, 3.8) is 0 Å². The lowest BCUT2D eigenvalue weighted by atomic mass is 10.1. The third-order valence-electron chi connectivity index (χ3n) is 2.68. The van der Waals surface area contributed by atoms with Gasteiger partial charge in [-0.2, -0.15) is 0 Å². The van der Waals surface area contributed by atoms with Gasteiger partial charge in [0.15, 0.2) is 0 Å². The zero-order chi connectivity index (χ0) is 13.0. The summed E-state index contributed by atoms with van der Waals surface area (Å²) in [6.07, 6.45) is 0.220. The van der Waals surface area contributed by atoms with Gasteiger partial charge in [0.05, 0.1) is 6.10 Å². The number of hydrogen-bond donors (Lipinski definition) is 1. The number of aliphatic hydroxyl groups is 1. The monoisotopic (exact) mass is 246 g/mol. The fourth-order valence-electron chi connectivity index (χ4n) is 1.66. The Balaban J connectivity index is 2.11. The lowest BCUT2D eigenvalue weighted by Crippen LogP contribution is -1.94. The Kier molecular flexibility index (Phi) is 3.95. The first kappa shape index (κ1) is 12.6. The van der Waals surface area contributed by atoms with Gasteiger partial charge in [0.1, 0.15) is 17.3 Å². The van der Waals surface area contributed by atoms with Crippen molar-refractivity contribution in [2.24, 2.45) is 0 Å². The van der Waals surface area contributed by atoms with Crippen molar-refractivity contribution in [3.05, 3.63) is 59.9 Å². The van der Waals surface area contributed by atoms with Crippen LogP contribution in [0.2, 0.25) is 0 Å². The molecule has 94 valence electrons. The van der Waals surface area contributed by atoms with Crippen LogP contribution in [0.3, 0.4) is 0 Å². The minimum atomic E-state index is -0.451. The van der Waals surface area contributed by atoms with Crippen molar-refractivity contribution >= 4 is 0 Å². The van der Waals surface area contributed by atoms with Crippen LogP contribution in [-0.2, 0) is 0 Å². The Morgan fingerprint density at radius 1 is 1.11 bits per heavy atom. The summed E-state index contributed by atoms with van der Waals surface area (Å²) in [6.45, 7) is 1.92. The first-order chi connectivity index (χ1) is 8.69. The van der Waals surface area contributed by atoms with Crippen molar-refractivity contribution in [2.45, 2.75) is 19.4 Å². The molecule has 18 heavy (non-hydrogen) atoms. The van der Waals surface area contributed by atoms with Crippen molar-refractivity contribution in [1.29, 1.82) is 0 Å². The molecular formula is C15H15FO2. The summed E-state index contributed by atoms with van der Waals surface area (Å²) in [7, 11) is 0. The van der Waals surface area contributed by atoms with Crippen LogP contribution in [0.15, 0.2) is 48.5 Å². The molecule has 0 heterocycles. The highest BCUT2D eigenvalue weighted by molar-refractivity contribution is 5.33. The van der Waals surface area contributed by atoms with Crippen molar-refractivity contribution < 1.29 is 14.2 Å². The van der Waals surface area contributed by atoms with E-state index in [0.717, 1.165) is 5.56 Å². The summed E-state index contributed by atoms with van der Waals surface area (Å²) in [5, 5.41) is 9.66. The van der Waals surface area contributed by atoms with Gasteiger partial charge in [-0.3, -0.25) is 0 Å². The van der Waals surface area contributed by atoms with Gasteiger partial charge in [-0.15, -0.1) is 0 Å². The number of hydrogen-bond acceptors (Lipinski definition) is 2. The van der Waals surface area contributed by atoms with Gasteiger partial charge in [0, 0.05) is 6.07 Å². The average molecular weight is 246 g/mol. The summed E-state index contributed by atoms with van der Waals surface area (Å²) in [6, 6.07) is 13.1. The molecule has 0 spiro atoms. The number of rotatable bonds is 4. The van der Waals surface area contributed by atoms with E-state index in [0.29, 0.717) is 17.9 Å². The van der Waals surface area contributed by atoms with Crippen LogP contribution >= 0.6 is 0 Å². The van der Waals surface area contributed by atoms with E-state index in [1.165, 1.54) is 12.1 Å². The van der Waals surface area contributed by atoms with Crippen LogP contribution in [0.5, 0.6) is 11.5 Å². The molecule has 0 saturated carbocycles. The van der Waals surface area contributed by atoms with Crippen LogP contribution in [-0.4, -0.2) is 5.11 Å². The highest BCUT2D eigenvalue weighted by Gasteiger charge is 2.05. The Morgan fingerprint density at radius 2 is 1.83 bits per heavy atom. The molecule has 0 radical (unpaired) electrons. The maximum absolute atomic E-state index is 13.0. The Hall–Kier alpha value is -1.87. The van der Waals surface area contributed by atoms with E-state index < -0.39 is 6.10 Å². The van der Waals surface area contributed by atoms with E-state index in [4.69, 9.17) is 4.74 Å². The van der Waals surface area contributed by atoms with E-state index >= 15 is 0 Å². The number of aliphatic hydroxyl groups excluding tert-OH is 1.